The molecule has 0 saturated carbocycles. The normalized spacial score (nSPS) is 12.4. The number of aromatic nitrogens is 2. The van der Waals surface area contributed by atoms with Gasteiger partial charge in [-0.2, -0.15) is 5.10 Å². The number of halogens is 1. The third-order valence-corrected chi connectivity index (χ3v) is 4.11. The van der Waals surface area contributed by atoms with Crippen molar-refractivity contribution in [2.75, 3.05) is 7.05 Å². The van der Waals surface area contributed by atoms with Crippen molar-refractivity contribution in [3.05, 3.63) is 46.2 Å². The molecule has 0 aliphatic carbocycles. The molecule has 0 amide bonds. The SMILES string of the molecule is CCC(C)n1ccc(COc2c(Br)cccc2CNC)n1. The molecule has 1 aromatic carbocycles. The average molecular weight is 352 g/mol. The van der Waals surface area contributed by atoms with Crippen LogP contribution in [0.5, 0.6) is 5.75 Å². The van der Waals surface area contributed by atoms with Crippen LogP contribution in [0.1, 0.15) is 37.6 Å². The molecule has 1 heterocycles. The van der Waals surface area contributed by atoms with Crippen molar-refractivity contribution in [1.29, 1.82) is 0 Å². The fourth-order valence-electron chi connectivity index (χ4n) is 2.08. The van der Waals surface area contributed by atoms with E-state index < -0.39 is 0 Å². The second-order valence-electron chi connectivity index (χ2n) is 5.09. The Labute approximate surface area is 134 Å². The van der Waals surface area contributed by atoms with Crippen molar-refractivity contribution in [1.82, 2.24) is 15.1 Å². The Hall–Kier alpha value is -1.33. The molecule has 1 N–H and O–H groups in total. The zero-order chi connectivity index (χ0) is 15.2. The van der Waals surface area contributed by atoms with Crippen molar-refractivity contribution < 1.29 is 4.74 Å². The van der Waals surface area contributed by atoms with Gasteiger partial charge in [0.25, 0.3) is 0 Å². The summed E-state index contributed by atoms with van der Waals surface area (Å²) in [5, 5.41) is 7.72. The lowest BCUT2D eigenvalue weighted by Gasteiger charge is -2.12. The van der Waals surface area contributed by atoms with Gasteiger partial charge in [-0.15, -0.1) is 0 Å². The first-order valence-corrected chi connectivity index (χ1v) is 8.03. The number of benzene rings is 1. The summed E-state index contributed by atoms with van der Waals surface area (Å²) in [5.74, 6) is 0.880. The highest BCUT2D eigenvalue weighted by Crippen LogP contribution is 2.29. The van der Waals surface area contributed by atoms with Crippen molar-refractivity contribution in [3.8, 4) is 5.75 Å². The highest BCUT2D eigenvalue weighted by Gasteiger charge is 2.10. The number of nitrogens with one attached hydrogen (secondary N) is 1. The van der Waals surface area contributed by atoms with E-state index in [1.807, 2.05) is 36.1 Å². The maximum absolute atomic E-state index is 5.97. The van der Waals surface area contributed by atoms with Crippen molar-refractivity contribution in [2.24, 2.45) is 0 Å². The van der Waals surface area contributed by atoms with Crippen LogP contribution >= 0.6 is 15.9 Å². The van der Waals surface area contributed by atoms with Gasteiger partial charge in [0.05, 0.1) is 10.2 Å². The molecule has 21 heavy (non-hydrogen) atoms. The molecule has 1 unspecified atom stereocenters. The first kappa shape index (κ1) is 16.0. The lowest BCUT2D eigenvalue weighted by Crippen LogP contribution is -2.09. The number of nitrogens with zero attached hydrogens (tertiary/aromatic N) is 2. The van der Waals surface area contributed by atoms with E-state index in [1.165, 1.54) is 0 Å². The lowest BCUT2D eigenvalue weighted by atomic mass is 10.2. The van der Waals surface area contributed by atoms with Crippen molar-refractivity contribution >= 4 is 15.9 Å². The molecule has 0 aliphatic rings. The number of hydrogen-bond acceptors (Lipinski definition) is 3. The predicted octanol–water partition coefficient (Wildman–Crippen LogP) is 3.92. The van der Waals surface area contributed by atoms with Gasteiger partial charge in [0.15, 0.2) is 0 Å². The van der Waals surface area contributed by atoms with Crippen LogP contribution in [-0.2, 0) is 13.2 Å². The number of hydrogen-bond donors (Lipinski definition) is 1. The van der Waals surface area contributed by atoms with Gasteiger partial charge in [0.2, 0.25) is 0 Å². The van der Waals surface area contributed by atoms with Crippen molar-refractivity contribution in [2.45, 2.75) is 39.5 Å². The molecule has 2 rings (SSSR count). The van der Waals surface area contributed by atoms with Crippen LogP contribution in [0.2, 0.25) is 0 Å². The van der Waals surface area contributed by atoms with E-state index in [2.05, 4.69) is 46.3 Å². The molecule has 0 saturated heterocycles. The molecule has 0 bridgehead atoms. The quantitative estimate of drug-likeness (QED) is 0.821. The Bertz CT molecular complexity index is 583. The third kappa shape index (κ3) is 4.08. The van der Waals surface area contributed by atoms with Gasteiger partial charge in [0.1, 0.15) is 12.4 Å². The first-order chi connectivity index (χ1) is 10.2. The zero-order valence-electron chi connectivity index (χ0n) is 12.8. The van der Waals surface area contributed by atoms with Crippen LogP contribution in [0.3, 0.4) is 0 Å². The van der Waals surface area contributed by atoms with E-state index in [9.17, 15) is 0 Å². The third-order valence-electron chi connectivity index (χ3n) is 3.49. The first-order valence-electron chi connectivity index (χ1n) is 7.24. The van der Waals surface area contributed by atoms with Crippen LogP contribution in [-0.4, -0.2) is 16.8 Å². The summed E-state index contributed by atoms with van der Waals surface area (Å²) in [6.45, 7) is 5.57. The Kier molecular flexibility index (Phi) is 5.82. The molecule has 1 atom stereocenters. The smallest absolute Gasteiger partial charge is 0.138 e. The maximum atomic E-state index is 5.97. The largest absolute Gasteiger partial charge is 0.486 e. The van der Waals surface area contributed by atoms with Crippen LogP contribution in [0.25, 0.3) is 0 Å². The standard InChI is InChI=1S/C16H22BrN3O/c1-4-12(2)20-9-8-14(19-20)11-21-16-13(10-18-3)6-5-7-15(16)17/h5-9,12,18H,4,10-11H2,1-3H3. The molecule has 4 nitrogen and oxygen atoms in total. The minimum atomic E-state index is 0.419. The van der Waals surface area contributed by atoms with Gasteiger partial charge in [-0.05, 0) is 48.5 Å². The van der Waals surface area contributed by atoms with E-state index in [1.54, 1.807) is 0 Å². The molecule has 0 spiro atoms. The van der Waals surface area contributed by atoms with Crippen LogP contribution in [0, 0.1) is 0 Å². The van der Waals surface area contributed by atoms with Crippen LogP contribution in [0.15, 0.2) is 34.9 Å². The minimum Gasteiger partial charge on any atom is -0.486 e. The van der Waals surface area contributed by atoms with E-state index >= 15 is 0 Å². The Balaban J connectivity index is 2.07. The summed E-state index contributed by atoms with van der Waals surface area (Å²) in [5.41, 5.74) is 2.08. The van der Waals surface area contributed by atoms with Gasteiger partial charge in [-0.1, -0.05) is 19.1 Å². The van der Waals surface area contributed by atoms with Gasteiger partial charge in [0, 0.05) is 24.3 Å². The molecule has 1 aromatic heterocycles. The van der Waals surface area contributed by atoms with E-state index in [-0.39, 0.29) is 0 Å². The van der Waals surface area contributed by atoms with Gasteiger partial charge >= 0.3 is 0 Å². The average Bonchev–Trinajstić information content (AvgIpc) is 2.95. The fourth-order valence-corrected chi connectivity index (χ4v) is 2.60. The molecule has 0 radical (unpaired) electrons. The van der Waals surface area contributed by atoms with Crippen LogP contribution < -0.4 is 10.1 Å². The monoisotopic (exact) mass is 351 g/mol. The second-order valence-corrected chi connectivity index (χ2v) is 5.95. The molecular formula is C16H22BrN3O. The van der Waals surface area contributed by atoms with Crippen molar-refractivity contribution in [3.63, 3.8) is 0 Å². The number of para-hydroxylation sites is 1. The molecule has 2 aromatic rings. The summed E-state index contributed by atoms with van der Waals surface area (Å²) in [6.07, 6.45) is 3.08. The molecule has 5 heteroatoms. The Morgan fingerprint density at radius 1 is 1.38 bits per heavy atom. The minimum absolute atomic E-state index is 0.419. The fraction of sp³-hybridized carbons (Fsp3) is 0.438. The van der Waals surface area contributed by atoms with Crippen LogP contribution in [0.4, 0.5) is 0 Å². The summed E-state index contributed by atoms with van der Waals surface area (Å²) in [7, 11) is 1.93. The van der Waals surface area contributed by atoms with E-state index in [4.69, 9.17) is 4.74 Å². The molecule has 0 aliphatic heterocycles. The zero-order valence-corrected chi connectivity index (χ0v) is 14.4. The Morgan fingerprint density at radius 2 is 2.19 bits per heavy atom. The van der Waals surface area contributed by atoms with E-state index in [0.717, 1.165) is 34.4 Å². The highest BCUT2D eigenvalue weighted by molar-refractivity contribution is 9.10. The second kappa shape index (κ2) is 7.61. The van der Waals surface area contributed by atoms with Gasteiger partial charge < -0.3 is 10.1 Å². The summed E-state index contributed by atoms with van der Waals surface area (Å²) < 4.78 is 8.93. The molecular weight excluding hydrogens is 330 g/mol. The highest BCUT2D eigenvalue weighted by atomic mass is 79.9. The summed E-state index contributed by atoms with van der Waals surface area (Å²) in [4.78, 5) is 0. The predicted molar refractivity (Wildman–Crippen MR) is 88.5 cm³/mol. The summed E-state index contributed by atoms with van der Waals surface area (Å²) in [6, 6.07) is 8.50. The number of rotatable bonds is 7. The Morgan fingerprint density at radius 3 is 2.90 bits per heavy atom. The van der Waals surface area contributed by atoms with E-state index in [0.29, 0.717) is 12.6 Å². The molecule has 0 fully saturated rings. The summed E-state index contributed by atoms with van der Waals surface area (Å²) >= 11 is 3.55. The topological polar surface area (TPSA) is 39.1 Å². The maximum Gasteiger partial charge on any atom is 0.138 e. The number of ether oxygens (including phenoxy) is 1. The van der Waals surface area contributed by atoms with Gasteiger partial charge in [-0.3, -0.25) is 4.68 Å². The van der Waals surface area contributed by atoms with Gasteiger partial charge in [-0.25, -0.2) is 0 Å². The lowest BCUT2D eigenvalue weighted by molar-refractivity contribution is 0.292. The molecule has 114 valence electrons.